The van der Waals surface area contributed by atoms with Gasteiger partial charge in [-0.3, -0.25) is 4.79 Å². The quantitative estimate of drug-likeness (QED) is 0.807. The van der Waals surface area contributed by atoms with Gasteiger partial charge in [-0.2, -0.15) is 5.10 Å². The van der Waals surface area contributed by atoms with E-state index in [4.69, 9.17) is 16.3 Å². The maximum Gasteiger partial charge on any atom is 0.260 e. The molecule has 0 bridgehead atoms. The average Bonchev–Trinajstić information content (AvgIpc) is 3.52. The molecule has 2 fully saturated rings. The van der Waals surface area contributed by atoms with Gasteiger partial charge in [0.15, 0.2) is 12.4 Å². The highest BCUT2D eigenvalue weighted by Crippen LogP contribution is 2.38. The second-order valence-electron chi connectivity index (χ2n) is 6.70. The van der Waals surface area contributed by atoms with E-state index < -0.39 is 0 Å². The van der Waals surface area contributed by atoms with Crippen LogP contribution in [-0.2, 0) is 4.79 Å². The zero-order valence-electron chi connectivity index (χ0n) is 14.5. The number of benzene rings is 1. The monoisotopic (exact) mass is 372 g/mol. The molecule has 1 aliphatic heterocycles. The number of anilines is 1. The maximum atomic E-state index is 12.3. The number of aromatic nitrogens is 2. The molecular formula is C19H21ClN4O2. The third-order valence-corrected chi connectivity index (χ3v) is 5.02. The molecule has 0 unspecified atom stereocenters. The van der Waals surface area contributed by atoms with Gasteiger partial charge >= 0.3 is 0 Å². The molecule has 6 nitrogen and oxygen atoms in total. The van der Waals surface area contributed by atoms with Crippen LogP contribution in [0.4, 0.5) is 5.82 Å². The molecular weight excluding hydrogens is 352 g/mol. The van der Waals surface area contributed by atoms with Crippen LogP contribution >= 0.6 is 11.6 Å². The number of ether oxygens (including phenoxy) is 1. The Balaban J connectivity index is 1.26. The first-order chi connectivity index (χ1) is 12.7. The number of piperazine rings is 1. The summed E-state index contributed by atoms with van der Waals surface area (Å²) in [4.78, 5) is 16.3. The molecule has 1 aromatic heterocycles. The van der Waals surface area contributed by atoms with Crippen LogP contribution in [0, 0.1) is 0 Å². The fraction of sp³-hybridized carbons (Fsp3) is 0.421. The molecule has 2 heterocycles. The molecule has 1 amide bonds. The van der Waals surface area contributed by atoms with Crippen LogP contribution in [0.1, 0.15) is 24.5 Å². The fourth-order valence-corrected chi connectivity index (χ4v) is 3.26. The summed E-state index contributed by atoms with van der Waals surface area (Å²) >= 11 is 5.92. The molecule has 1 aliphatic carbocycles. The molecule has 1 saturated carbocycles. The number of amides is 1. The van der Waals surface area contributed by atoms with Gasteiger partial charge < -0.3 is 14.5 Å². The van der Waals surface area contributed by atoms with Crippen LogP contribution in [-0.4, -0.2) is 53.8 Å². The smallest absolute Gasteiger partial charge is 0.260 e. The number of nitrogens with zero attached hydrogens (tertiary/aromatic N) is 4. The molecule has 0 radical (unpaired) electrons. The van der Waals surface area contributed by atoms with E-state index in [0.29, 0.717) is 29.8 Å². The van der Waals surface area contributed by atoms with Crippen molar-refractivity contribution in [2.75, 3.05) is 37.7 Å². The van der Waals surface area contributed by atoms with Gasteiger partial charge in [-0.15, -0.1) is 5.10 Å². The number of carbonyl (C=O) groups is 1. The molecule has 1 saturated heterocycles. The number of halogens is 1. The van der Waals surface area contributed by atoms with Crippen molar-refractivity contribution in [3.8, 4) is 5.75 Å². The first-order valence-electron chi connectivity index (χ1n) is 8.94. The summed E-state index contributed by atoms with van der Waals surface area (Å²) in [5, 5.41) is 9.28. The molecule has 2 aromatic rings. The predicted molar refractivity (Wildman–Crippen MR) is 99.7 cm³/mol. The highest BCUT2D eigenvalue weighted by Gasteiger charge is 2.26. The van der Waals surface area contributed by atoms with E-state index in [1.807, 2.05) is 11.0 Å². The van der Waals surface area contributed by atoms with Crippen LogP contribution < -0.4 is 9.64 Å². The number of hydrogen-bond donors (Lipinski definition) is 0. The Morgan fingerprint density at radius 3 is 2.58 bits per heavy atom. The van der Waals surface area contributed by atoms with Crippen molar-refractivity contribution in [2.24, 2.45) is 0 Å². The van der Waals surface area contributed by atoms with Gasteiger partial charge in [0.2, 0.25) is 0 Å². The fourth-order valence-electron chi connectivity index (χ4n) is 3.08. The number of rotatable bonds is 5. The van der Waals surface area contributed by atoms with Gasteiger partial charge in [-0.1, -0.05) is 17.7 Å². The van der Waals surface area contributed by atoms with E-state index in [0.717, 1.165) is 24.6 Å². The van der Waals surface area contributed by atoms with E-state index >= 15 is 0 Å². The topological polar surface area (TPSA) is 58.6 Å². The SMILES string of the molecule is O=C(COc1cccc(Cl)c1)N1CCN(c2ccc(C3CC3)nn2)CC1. The molecule has 0 atom stereocenters. The first-order valence-corrected chi connectivity index (χ1v) is 9.31. The summed E-state index contributed by atoms with van der Waals surface area (Å²) in [5.74, 6) is 2.09. The Bertz CT molecular complexity index is 771. The van der Waals surface area contributed by atoms with Gasteiger partial charge in [-0.25, -0.2) is 0 Å². The lowest BCUT2D eigenvalue weighted by Crippen LogP contribution is -2.50. The minimum atomic E-state index is -0.0141. The number of hydrogen-bond acceptors (Lipinski definition) is 5. The Hall–Kier alpha value is -2.34. The van der Waals surface area contributed by atoms with Crippen LogP contribution in [0.3, 0.4) is 0 Å². The lowest BCUT2D eigenvalue weighted by atomic mass is 10.2. The van der Waals surface area contributed by atoms with E-state index in [1.54, 1.807) is 24.3 Å². The second-order valence-corrected chi connectivity index (χ2v) is 7.14. The maximum absolute atomic E-state index is 12.3. The van der Waals surface area contributed by atoms with Crippen molar-refractivity contribution in [1.29, 1.82) is 0 Å². The van der Waals surface area contributed by atoms with Gasteiger partial charge in [-0.05, 0) is 43.2 Å². The zero-order valence-corrected chi connectivity index (χ0v) is 15.2. The van der Waals surface area contributed by atoms with Crippen molar-refractivity contribution >= 4 is 23.3 Å². The third-order valence-electron chi connectivity index (χ3n) is 4.78. The number of carbonyl (C=O) groups excluding carboxylic acids is 1. The van der Waals surface area contributed by atoms with E-state index in [1.165, 1.54) is 12.8 Å². The standard InChI is InChI=1S/C19H21ClN4O2/c20-15-2-1-3-16(12-15)26-13-19(25)24-10-8-23(9-11-24)18-7-6-17(21-22-18)14-4-5-14/h1-3,6-7,12,14H,4-5,8-11,13H2. The molecule has 136 valence electrons. The summed E-state index contributed by atoms with van der Waals surface area (Å²) in [6.45, 7) is 2.84. The molecule has 1 aromatic carbocycles. The van der Waals surface area contributed by atoms with E-state index in [9.17, 15) is 4.79 Å². The minimum absolute atomic E-state index is 0.0141. The summed E-state index contributed by atoms with van der Waals surface area (Å²) in [5.41, 5.74) is 1.10. The van der Waals surface area contributed by atoms with Crippen molar-refractivity contribution in [1.82, 2.24) is 15.1 Å². The Morgan fingerprint density at radius 1 is 1.12 bits per heavy atom. The Labute approximate surface area is 157 Å². The van der Waals surface area contributed by atoms with Gasteiger partial charge in [0.1, 0.15) is 5.75 Å². The summed E-state index contributed by atoms with van der Waals surface area (Å²) < 4.78 is 5.54. The van der Waals surface area contributed by atoms with Crippen LogP contribution in [0.25, 0.3) is 0 Å². The van der Waals surface area contributed by atoms with Gasteiger partial charge in [0, 0.05) is 37.1 Å². The first kappa shape index (κ1) is 17.1. The molecule has 2 aliphatic rings. The van der Waals surface area contributed by atoms with Gasteiger partial charge in [0.25, 0.3) is 5.91 Å². The Kier molecular flexibility index (Phi) is 4.93. The zero-order chi connectivity index (χ0) is 17.9. The largest absolute Gasteiger partial charge is 0.484 e. The molecule has 26 heavy (non-hydrogen) atoms. The normalized spacial score (nSPS) is 17.3. The highest BCUT2D eigenvalue weighted by molar-refractivity contribution is 6.30. The molecule has 7 heteroatoms. The lowest BCUT2D eigenvalue weighted by Gasteiger charge is -2.35. The summed E-state index contributed by atoms with van der Waals surface area (Å²) in [7, 11) is 0. The van der Waals surface area contributed by atoms with E-state index in [-0.39, 0.29) is 12.5 Å². The van der Waals surface area contributed by atoms with Crippen LogP contribution in [0.2, 0.25) is 5.02 Å². The van der Waals surface area contributed by atoms with Crippen LogP contribution in [0.5, 0.6) is 5.75 Å². The molecule has 0 N–H and O–H groups in total. The minimum Gasteiger partial charge on any atom is -0.484 e. The molecule has 0 spiro atoms. The van der Waals surface area contributed by atoms with Crippen LogP contribution in [0.15, 0.2) is 36.4 Å². The second kappa shape index (κ2) is 7.50. The van der Waals surface area contributed by atoms with Crippen molar-refractivity contribution in [3.63, 3.8) is 0 Å². The highest BCUT2D eigenvalue weighted by atomic mass is 35.5. The average molecular weight is 373 g/mol. The molecule has 4 rings (SSSR count). The predicted octanol–water partition coefficient (Wildman–Crippen LogP) is 2.74. The Morgan fingerprint density at radius 2 is 1.92 bits per heavy atom. The lowest BCUT2D eigenvalue weighted by molar-refractivity contribution is -0.133. The summed E-state index contributed by atoms with van der Waals surface area (Å²) in [6, 6.07) is 11.2. The van der Waals surface area contributed by atoms with Crippen molar-refractivity contribution in [3.05, 3.63) is 47.1 Å². The summed E-state index contributed by atoms with van der Waals surface area (Å²) in [6.07, 6.45) is 2.46. The van der Waals surface area contributed by atoms with Crippen molar-refractivity contribution in [2.45, 2.75) is 18.8 Å². The third kappa shape index (κ3) is 4.07. The van der Waals surface area contributed by atoms with Crippen molar-refractivity contribution < 1.29 is 9.53 Å². The van der Waals surface area contributed by atoms with E-state index in [2.05, 4.69) is 21.2 Å². The van der Waals surface area contributed by atoms with Gasteiger partial charge in [0.05, 0.1) is 5.69 Å².